The van der Waals surface area contributed by atoms with Crippen molar-refractivity contribution in [3.8, 4) is 5.75 Å². The minimum atomic E-state index is 0.846. The molecule has 0 spiro atoms. The quantitative estimate of drug-likeness (QED) is 0.803. The van der Waals surface area contributed by atoms with Crippen LogP contribution in [-0.4, -0.2) is 13.7 Å². The Morgan fingerprint density at radius 3 is 2.61 bits per heavy atom. The summed E-state index contributed by atoms with van der Waals surface area (Å²) in [6, 6.07) is 8.31. The van der Waals surface area contributed by atoms with Crippen LogP contribution in [0.1, 0.15) is 18.4 Å². The first-order chi connectivity index (χ1) is 8.85. The molecule has 1 aromatic carbocycles. The second-order valence-electron chi connectivity index (χ2n) is 5.52. The van der Waals surface area contributed by atoms with Crippen LogP contribution in [-0.2, 0) is 6.54 Å². The molecule has 1 N–H and O–H groups in total. The molecule has 0 heterocycles. The summed E-state index contributed by atoms with van der Waals surface area (Å²) in [6.45, 7) is 2.11. The maximum atomic E-state index is 5.16. The van der Waals surface area contributed by atoms with E-state index in [9.17, 15) is 0 Å². The van der Waals surface area contributed by atoms with Gasteiger partial charge in [0, 0.05) is 6.54 Å². The Kier molecular flexibility index (Phi) is 3.37. The van der Waals surface area contributed by atoms with Crippen molar-refractivity contribution in [2.75, 3.05) is 13.7 Å². The standard InChI is InChI=1S/C16H21NO/c1-18-16-6-3-12(4-7-16)10-17-11-15-9-13-2-5-14(15)8-13/h2-7,13-15,17H,8-11H2,1H3. The number of nitrogens with one attached hydrogen (secondary N) is 1. The Hall–Kier alpha value is -1.28. The molecule has 2 heteroatoms. The smallest absolute Gasteiger partial charge is 0.118 e. The van der Waals surface area contributed by atoms with E-state index in [1.54, 1.807) is 7.11 Å². The van der Waals surface area contributed by atoms with Crippen molar-refractivity contribution in [3.63, 3.8) is 0 Å². The molecule has 0 saturated heterocycles. The molecule has 2 bridgehead atoms. The number of methoxy groups -OCH3 is 1. The van der Waals surface area contributed by atoms with E-state index in [0.717, 1.165) is 36.6 Å². The number of allylic oxidation sites excluding steroid dienone is 2. The molecule has 1 fully saturated rings. The Morgan fingerprint density at radius 2 is 2.00 bits per heavy atom. The zero-order valence-corrected chi connectivity index (χ0v) is 10.9. The summed E-state index contributed by atoms with van der Waals surface area (Å²) >= 11 is 0. The molecule has 0 aliphatic heterocycles. The zero-order valence-electron chi connectivity index (χ0n) is 10.9. The van der Waals surface area contributed by atoms with Gasteiger partial charge in [-0.3, -0.25) is 0 Å². The van der Waals surface area contributed by atoms with Crippen LogP contribution in [0.15, 0.2) is 36.4 Å². The largest absolute Gasteiger partial charge is 0.497 e. The average molecular weight is 243 g/mol. The van der Waals surface area contributed by atoms with E-state index in [-0.39, 0.29) is 0 Å². The van der Waals surface area contributed by atoms with Crippen LogP contribution in [0.5, 0.6) is 5.75 Å². The van der Waals surface area contributed by atoms with Gasteiger partial charge >= 0.3 is 0 Å². The number of fused-ring (bicyclic) bond motifs is 2. The van der Waals surface area contributed by atoms with Crippen LogP contribution in [0.2, 0.25) is 0 Å². The molecule has 2 aliphatic rings. The van der Waals surface area contributed by atoms with Gasteiger partial charge in [-0.05, 0) is 54.8 Å². The van der Waals surface area contributed by atoms with Gasteiger partial charge in [0.05, 0.1) is 7.11 Å². The predicted octanol–water partition coefficient (Wildman–Crippen LogP) is 3.00. The number of benzene rings is 1. The fraction of sp³-hybridized carbons (Fsp3) is 0.500. The van der Waals surface area contributed by atoms with Crippen LogP contribution >= 0.6 is 0 Å². The molecule has 18 heavy (non-hydrogen) atoms. The first-order valence-corrected chi connectivity index (χ1v) is 6.87. The van der Waals surface area contributed by atoms with Crippen molar-refractivity contribution in [2.24, 2.45) is 17.8 Å². The summed E-state index contributed by atoms with van der Waals surface area (Å²) in [5.41, 5.74) is 1.33. The second-order valence-corrected chi connectivity index (χ2v) is 5.52. The van der Waals surface area contributed by atoms with E-state index in [2.05, 4.69) is 29.6 Å². The molecular formula is C16H21NO. The molecule has 3 unspecified atom stereocenters. The number of ether oxygens (including phenoxy) is 1. The van der Waals surface area contributed by atoms with E-state index in [0.29, 0.717) is 0 Å². The highest BCUT2D eigenvalue weighted by atomic mass is 16.5. The van der Waals surface area contributed by atoms with Gasteiger partial charge in [0.1, 0.15) is 5.75 Å². The van der Waals surface area contributed by atoms with Gasteiger partial charge in [-0.2, -0.15) is 0 Å². The third-order valence-electron chi connectivity index (χ3n) is 4.31. The van der Waals surface area contributed by atoms with Crippen molar-refractivity contribution in [1.82, 2.24) is 5.32 Å². The number of hydrogen-bond donors (Lipinski definition) is 1. The van der Waals surface area contributed by atoms with Crippen LogP contribution in [0.25, 0.3) is 0 Å². The first kappa shape index (κ1) is 11.8. The van der Waals surface area contributed by atoms with Crippen molar-refractivity contribution < 1.29 is 4.74 Å². The summed E-state index contributed by atoms with van der Waals surface area (Å²) in [7, 11) is 1.70. The van der Waals surface area contributed by atoms with Crippen molar-refractivity contribution in [2.45, 2.75) is 19.4 Å². The lowest BCUT2D eigenvalue weighted by molar-refractivity contribution is 0.411. The minimum Gasteiger partial charge on any atom is -0.497 e. The lowest BCUT2D eigenvalue weighted by Gasteiger charge is -2.18. The van der Waals surface area contributed by atoms with Gasteiger partial charge in [-0.25, -0.2) is 0 Å². The molecule has 3 rings (SSSR count). The van der Waals surface area contributed by atoms with E-state index in [1.807, 2.05) is 12.1 Å². The lowest BCUT2D eigenvalue weighted by atomic mass is 9.93. The first-order valence-electron chi connectivity index (χ1n) is 6.87. The van der Waals surface area contributed by atoms with Crippen LogP contribution in [0, 0.1) is 17.8 Å². The SMILES string of the molecule is COc1ccc(CNCC2CC3C=CC2C3)cc1. The van der Waals surface area contributed by atoms with E-state index in [4.69, 9.17) is 4.74 Å². The van der Waals surface area contributed by atoms with E-state index in [1.165, 1.54) is 18.4 Å². The molecule has 0 amide bonds. The van der Waals surface area contributed by atoms with Gasteiger partial charge in [0.15, 0.2) is 0 Å². The monoisotopic (exact) mass is 243 g/mol. The molecule has 2 nitrogen and oxygen atoms in total. The van der Waals surface area contributed by atoms with Gasteiger partial charge in [0.25, 0.3) is 0 Å². The van der Waals surface area contributed by atoms with Crippen molar-refractivity contribution in [1.29, 1.82) is 0 Å². The highest BCUT2D eigenvalue weighted by Gasteiger charge is 2.34. The van der Waals surface area contributed by atoms with Gasteiger partial charge in [0.2, 0.25) is 0 Å². The van der Waals surface area contributed by atoms with Crippen molar-refractivity contribution in [3.05, 3.63) is 42.0 Å². The van der Waals surface area contributed by atoms with Crippen molar-refractivity contribution >= 4 is 0 Å². The van der Waals surface area contributed by atoms with E-state index >= 15 is 0 Å². The Labute approximate surface area is 109 Å². The number of rotatable bonds is 5. The summed E-state index contributed by atoms with van der Waals surface area (Å²) in [6.07, 6.45) is 7.62. The average Bonchev–Trinajstić information content (AvgIpc) is 3.02. The predicted molar refractivity (Wildman–Crippen MR) is 73.5 cm³/mol. The molecule has 96 valence electrons. The second kappa shape index (κ2) is 5.15. The molecule has 1 saturated carbocycles. The topological polar surface area (TPSA) is 21.3 Å². The Morgan fingerprint density at radius 1 is 1.17 bits per heavy atom. The maximum absolute atomic E-state index is 5.16. The molecule has 0 aromatic heterocycles. The summed E-state index contributed by atoms with van der Waals surface area (Å²) in [5.74, 6) is 3.51. The van der Waals surface area contributed by atoms with E-state index < -0.39 is 0 Å². The maximum Gasteiger partial charge on any atom is 0.118 e. The zero-order chi connectivity index (χ0) is 12.4. The lowest BCUT2D eigenvalue weighted by Crippen LogP contribution is -2.25. The fourth-order valence-corrected chi connectivity index (χ4v) is 3.27. The van der Waals surface area contributed by atoms with Gasteiger partial charge < -0.3 is 10.1 Å². The third kappa shape index (κ3) is 2.44. The van der Waals surface area contributed by atoms with Crippen LogP contribution in [0.3, 0.4) is 0 Å². The normalized spacial score (nSPS) is 28.8. The molecule has 0 radical (unpaired) electrons. The summed E-state index contributed by atoms with van der Waals surface area (Å²) in [4.78, 5) is 0. The highest BCUT2D eigenvalue weighted by Crippen LogP contribution is 2.42. The highest BCUT2D eigenvalue weighted by molar-refractivity contribution is 5.27. The van der Waals surface area contributed by atoms with Gasteiger partial charge in [-0.1, -0.05) is 24.3 Å². The molecule has 2 aliphatic carbocycles. The summed E-state index contributed by atoms with van der Waals surface area (Å²) < 4.78 is 5.16. The Balaban J connectivity index is 1.45. The molecule has 1 aromatic rings. The molecular weight excluding hydrogens is 222 g/mol. The fourth-order valence-electron chi connectivity index (χ4n) is 3.27. The molecule has 3 atom stereocenters. The number of hydrogen-bond acceptors (Lipinski definition) is 2. The Bertz CT molecular complexity index is 423. The minimum absolute atomic E-state index is 0.846. The van der Waals surface area contributed by atoms with Gasteiger partial charge in [-0.15, -0.1) is 0 Å². The van der Waals surface area contributed by atoms with Crippen LogP contribution in [0.4, 0.5) is 0 Å². The summed E-state index contributed by atoms with van der Waals surface area (Å²) in [5, 5.41) is 3.59. The van der Waals surface area contributed by atoms with Crippen LogP contribution < -0.4 is 10.1 Å². The third-order valence-corrected chi connectivity index (χ3v) is 4.31.